The van der Waals surface area contributed by atoms with Crippen molar-refractivity contribution < 1.29 is 28.0 Å². The molecule has 1 rings (SSSR count). The van der Waals surface area contributed by atoms with Crippen LogP contribution in [0.25, 0.3) is 0 Å². The van der Waals surface area contributed by atoms with Gasteiger partial charge in [0, 0.05) is 18.6 Å². The molecule has 43 valence electrons. The zero-order valence-electron chi connectivity index (χ0n) is 3.87. The maximum atomic E-state index is 5.28. The number of rotatable bonds is 0. The summed E-state index contributed by atoms with van der Waals surface area (Å²) in [5, 5.41) is 0.252. The SMILES string of the molecule is ClC1=COC=CO1.[V]. The predicted molar refractivity (Wildman–Crippen MR) is 25.2 cm³/mol. The van der Waals surface area contributed by atoms with Crippen LogP contribution in [0, 0.1) is 0 Å². The van der Waals surface area contributed by atoms with E-state index >= 15 is 0 Å². The van der Waals surface area contributed by atoms with E-state index in [0.717, 1.165) is 0 Å². The monoisotopic (exact) mass is 169 g/mol. The molecule has 0 atom stereocenters. The van der Waals surface area contributed by atoms with Gasteiger partial charge in [-0.25, -0.2) is 0 Å². The second kappa shape index (κ2) is 3.90. The second-order valence-electron chi connectivity index (χ2n) is 0.948. The van der Waals surface area contributed by atoms with E-state index in [1.54, 1.807) is 0 Å². The van der Waals surface area contributed by atoms with Crippen molar-refractivity contribution in [3.63, 3.8) is 0 Å². The Bertz CT molecular complexity index is 121. The minimum atomic E-state index is 0. The van der Waals surface area contributed by atoms with Crippen LogP contribution in [0.4, 0.5) is 0 Å². The van der Waals surface area contributed by atoms with Gasteiger partial charge in [-0.1, -0.05) is 0 Å². The van der Waals surface area contributed by atoms with Crippen molar-refractivity contribution in [2.24, 2.45) is 0 Å². The van der Waals surface area contributed by atoms with Crippen LogP contribution in [0.3, 0.4) is 0 Å². The normalized spacial score (nSPS) is 14.9. The molecule has 1 aliphatic rings. The quantitative estimate of drug-likeness (QED) is 0.548. The van der Waals surface area contributed by atoms with Gasteiger partial charge in [0.2, 0.25) is 5.22 Å². The molecule has 0 spiro atoms. The first kappa shape index (κ1) is 7.95. The molecular weight excluding hydrogens is 166 g/mol. The molecule has 0 N–H and O–H groups in total. The average Bonchev–Trinajstić information content (AvgIpc) is 1.69. The molecule has 4 heteroatoms. The van der Waals surface area contributed by atoms with Crippen molar-refractivity contribution in [3.05, 3.63) is 24.0 Å². The number of halogens is 1. The summed E-state index contributed by atoms with van der Waals surface area (Å²) in [4.78, 5) is 0. The van der Waals surface area contributed by atoms with E-state index in [-0.39, 0.29) is 23.8 Å². The third-order valence-electron chi connectivity index (χ3n) is 0.475. The van der Waals surface area contributed by atoms with E-state index in [1.807, 2.05) is 0 Å². The zero-order chi connectivity index (χ0) is 5.11. The molecule has 0 aromatic carbocycles. The Labute approximate surface area is 64.0 Å². The fourth-order valence-electron chi connectivity index (χ4n) is 0.245. The minimum Gasteiger partial charge on any atom is -0.465 e. The molecule has 1 heterocycles. The molecule has 1 aliphatic heterocycles. The van der Waals surface area contributed by atoms with Gasteiger partial charge in [0.1, 0.15) is 18.8 Å². The van der Waals surface area contributed by atoms with Crippen LogP contribution in [0.1, 0.15) is 0 Å². The van der Waals surface area contributed by atoms with E-state index in [9.17, 15) is 0 Å². The Morgan fingerprint density at radius 2 is 2.12 bits per heavy atom. The Kier molecular flexibility index (Phi) is 3.87. The summed E-state index contributed by atoms with van der Waals surface area (Å²) in [6, 6.07) is 0. The van der Waals surface area contributed by atoms with E-state index in [0.29, 0.717) is 0 Å². The van der Waals surface area contributed by atoms with Crippen LogP contribution in [-0.2, 0) is 28.0 Å². The summed E-state index contributed by atoms with van der Waals surface area (Å²) in [5.74, 6) is 0. The Balaban J connectivity index is 0.000000490. The summed E-state index contributed by atoms with van der Waals surface area (Å²) >= 11 is 5.28. The number of hydrogen-bond donors (Lipinski definition) is 0. The van der Waals surface area contributed by atoms with Crippen LogP contribution in [-0.4, -0.2) is 0 Å². The molecule has 8 heavy (non-hydrogen) atoms. The first-order chi connectivity index (χ1) is 3.39. The fraction of sp³-hybridized carbons (Fsp3) is 0. The molecule has 0 fully saturated rings. The summed E-state index contributed by atoms with van der Waals surface area (Å²) in [6.45, 7) is 0. The predicted octanol–water partition coefficient (Wildman–Crippen LogP) is 1.54. The Morgan fingerprint density at radius 1 is 1.38 bits per heavy atom. The molecule has 0 saturated heterocycles. The van der Waals surface area contributed by atoms with Crippen molar-refractivity contribution in [2.75, 3.05) is 0 Å². The maximum Gasteiger partial charge on any atom is 0.228 e. The standard InChI is InChI=1S/C4H3ClO2.V/c5-4-3-6-1-2-7-4;/h1-3H;. The van der Waals surface area contributed by atoms with Crippen LogP contribution in [0.15, 0.2) is 24.0 Å². The third-order valence-corrected chi connectivity index (χ3v) is 0.654. The van der Waals surface area contributed by atoms with E-state index in [2.05, 4.69) is 9.47 Å². The Hall–Kier alpha value is -0.0456. The first-order valence-corrected chi connectivity index (χ1v) is 2.10. The van der Waals surface area contributed by atoms with Crippen LogP contribution < -0.4 is 0 Å². The van der Waals surface area contributed by atoms with Crippen molar-refractivity contribution in [1.82, 2.24) is 0 Å². The summed E-state index contributed by atoms with van der Waals surface area (Å²) in [6.07, 6.45) is 4.07. The van der Waals surface area contributed by atoms with E-state index < -0.39 is 0 Å². The van der Waals surface area contributed by atoms with Crippen molar-refractivity contribution in [3.8, 4) is 0 Å². The van der Waals surface area contributed by atoms with E-state index in [4.69, 9.17) is 11.6 Å². The molecule has 0 bridgehead atoms. The van der Waals surface area contributed by atoms with Gasteiger partial charge in [0.15, 0.2) is 0 Å². The summed E-state index contributed by atoms with van der Waals surface area (Å²) in [7, 11) is 0. The van der Waals surface area contributed by atoms with Crippen LogP contribution in [0.2, 0.25) is 0 Å². The van der Waals surface area contributed by atoms with Crippen molar-refractivity contribution >= 4 is 11.6 Å². The molecule has 2 nitrogen and oxygen atoms in total. The molecular formula is C4H3ClO2V. The Morgan fingerprint density at radius 3 is 2.38 bits per heavy atom. The van der Waals surface area contributed by atoms with Gasteiger partial charge < -0.3 is 9.47 Å². The smallest absolute Gasteiger partial charge is 0.228 e. The van der Waals surface area contributed by atoms with Crippen molar-refractivity contribution in [2.45, 2.75) is 0 Å². The van der Waals surface area contributed by atoms with Crippen LogP contribution >= 0.6 is 11.6 Å². The molecule has 0 amide bonds. The number of hydrogen-bond acceptors (Lipinski definition) is 2. The van der Waals surface area contributed by atoms with Gasteiger partial charge >= 0.3 is 0 Å². The minimum absolute atomic E-state index is 0. The van der Waals surface area contributed by atoms with Gasteiger partial charge in [-0.05, 0) is 11.6 Å². The first-order valence-electron chi connectivity index (χ1n) is 1.72. The van der Waals surface area contributed by atoms with Gasteiger partial charge in [-0.15, -0.1) is 0 Å². The maximum absolute atomic E-state index is 5.28. The van der Waals surface area contributed by atoms with Crippen LogP contribution in [0.5, 0.6) is 0 Å². The molecule has 0 saturated carbocycles. The average molecular weight is 169 g/mol. The van der Waals surface area contributed by atoms with Gasteiger partial charge in [0.25, 0.3) is 0 Å². The summed E-state index contributed by atoms with van der Waals surface area (Å²) < 4.78 is 9.18. The van der Waals surface area contributed by atoms with Gasteiger partial charge in [-0.3, -0.25) is 0 Å². The number of ether oxygens (including phenoxy) is 2. The topological polar surface area (TPSA) is 18.5 Å². The van der Waals surface area contributed by atoms with Gasteiger partial charge in [-0.2, -0.15) is 0 Å². The summed E-state index contributed by atoms with van der Waals surface area (Å²) in [5.41, 5.74) is 0. The van der Waals surface area contributed by atoms with Crippen molar-refractivity contribution in [1.29, 1.82) is 0 Å². The molecule has 0 aromatic rings. The molecule has 0 aromatic heterocycles. The van der Waals surface area contributed by atoms with E-state index in [1.165, 1.54) is 18.8 Å². The molecule has 0 unspecified atom stereocenters. The fourth-order valence-corrected chi connectivity index (χ4v) is 0.348. The second-order valence-corrected chi connectivity index (χ2v) is 1.32. The van der Waals surface area contributed by atoms with Gasteiger partial charge in [0.05, 0.1) is 0 Å². The third kappa shape index (κ3) is 2.31. The largest absolute Gasteiger partial charge is 0.465 e. The molecule has 1 radical (unpaired) electrons. The molecule has 0 aliphatic carbocycles. The zero-order valence-corrected chi connectivity index (χ0v) is 6.03.